The van der Waals surface area contributed by atoms with Crippen molar-refractivity contribution in [1.82, 2.24) is 10.2 Å². The summed E-state index contributed by atoms with van der Waals surface area (Å²) in [6.07, 6.45) is 1.82. The molecule has 0 aliphatic carbocycles. The third kappa shape index (κ3) is 2.39. The minimum Gasteiger partial charge on any atom is -0.422 e. The molecule has 0 radical (unpaired) electrons. The summed E-state index contributed by atoms with van der Waals surface area (Å²) in [6, 6.07) is 6.17. The van der Waals surface area contributed by atoms with Crippen LogP contribution in [-0.4, -0.2) is 16.1 Å². The monoisotopic (exact) mass is 364 g/mol. The number of aromatic amines is 1. The van der Waals surface area contributed by atoms with Gasteiger partial charge in [0.1, 0.15) is 5.92 Å². The van der Waals surface area contributed by atoms with Crippen molar-refractivity contribution < 1.29 is 4.74 Å². The molecule has 7 heteroatoms. The zero-order valence-corrected chi connectivity index (χ0v) is 13.7. The first-order chi connectivity index (χ1) is 10.2. The Morgan fingerprint density at radius 1 is 1.57 bits per heavy atom. The molecule has 0 saturated heterocycles. The lowest BCUT2D eigenvalue weighted by atomic mass is 9.83. The lowest BCUT2D eigenvalue weighted by molar-refractivity contribution is 0.438. The van der Waals surface area contributed by atoms with Crippen molar-refractivity contribution in [2.75, 3.05) is 0 Å². The van der Waals surface area contributed by atoms with E-state index in [9.17, 15) is 5.26 Å². The number of nitrogens with zero attached hydrogens (tertiary/aromatic N) is 2. The summed E-state index contributed by atoms with van der Waals surface area (Å²) in [7, 11) is 0. The molecule has 2 unspecified atom stereocenters. The molecule has 108 valence electrons. The van der Waals surface area contributed by atoms with E-state index in [-0.39, 0.29) is 11.8 Å². The summed E-state index contributed by atoms with van der Waals surface area (Å²) in [5.41, 5.74) is 1.92. The number of halogens is 1. The number of nitriles is 1. The van der Waals surface area contributed by atoms with Crippen molar-refractivity contribution in [2.45, 2.75) is 25.7 Å². The molecule has 0 saturated carbocycles. The van der Waals surface area contributed by atoms with E-state index in [2.05, 4.69) is 39.1 Å². The van der Waals surface area contributed by atoms with Crippen LogP contribution in [0.3, 0.4) is 0 Å². The van der Waals surface area contributed by atoms with Gasteiger partial charge in [-0.15, -0.1) is 16.4 Å². The number of nitrogens with one attached hydrogen (secondary N) is 2. The van der Waals surface area contributed by atoms with Gasteiger partial charge in [0.25, 0.3) is 0 Å². The van der Waals surface area contributed by atoms with E-state index in [0.29, 0.717) is 5.88 Å². The number of H-pyrrole nitrogens is 1. The Balaban J connectivity index is 2.16. The molecule has 1 aliphatic rings. The fourth-order valence-corrected chi connectivity index (χ4v) is 4.20. The van der Waals surface area contributed by atoms with E-state index in [4.69, 9.17) is 10.1 Å². The topological polar surface area (TPSA) is 85.5 Å². The second-order valence-corrected chi connectivity index (χ2v) is 7.36. The number of rotatable bonds is 3. The molecule has 2 aromatic heterocycles. The fraction of sp³-hybridized carbons (Fsp3) is 0.357. The molecule has 0 amide bonds. The number of ether oxygens (including phenoxy) is 1. The van der Waals surface area contributed by atoms with E-state index in [1.165, 1.54) is 0 Å². The van der Waals surface area contributed by atoms with Crippen LogP contribution in [0.25, 0.3) is 0 Å². The molecule has 21 heavy (non-hydrogen) atoms. The van der Waals surface area contributed by atoms with Crippen LogP contribution in [0.5, 0.6) is 5.88 Å². The molecule has 3 heterocycles. The SMILES string of the molecule is CCCc1[nH]nc2c1C(c1ccc(Br)s1)C(C#N)C(=N)O2. The van der Waals surface area contributed by atoms with Crippen molar-refractivity contribution in [2.24, 2.45) is 5.92 Å². The molecule has 5 nitrogen and oxygen atoms in total. The Labute approximate surface area is 134 Å². The number of aryl methyl sites for hydroxylation is 1. The smallest absolute Gasteiger partial charge is 0.243 e. The largest absolute Gasteiger partial charge is 0.422 e. The summed E-state index contributed by atoms with van der Waals surface area (Å²) in [4.78, 5) is 1.04. The first kappa shape index (κ1) is 14.3. The van der Waals surface area contributed by atoms with Crippen LogP contribution < -0.4 is 4.74 Å². The second kappa shape index (κ2) is 5.62. The third-order valence-corrected chi connectivity index (χ3v) is 5.23. The maximum atomic E-state index is 9.48. The van der Waals surface area contributed by atoms with Gasteiger partial charge in [-0.3, -0.25) is 10.5 Å². The number of thiophene rings is 1. The average Bonchev–Trinajstić information content (AvgIpc) is 3.05. The molecule has 3 rings (SSSR count). The Kier molecular flexibility index (Phi) is 3.83. The van der Waals surface area contributed by atoms with E-state index < -0.39 is 5.92 Å². The second-order valence-electron chi connectivity index (χ2n) is 4.86. The highest BCUT2D eigenvalue weighted by Gasteiger charge is 2.40. The van der Waals surface area contributed by atoms with Gasteiger partial charge >= 0.3 is 0 Å². The normalized spacial score (nSPS) is 20.7. The van der Waals surface area contributed by atoms with Crippen LogP contribution in [0.2, 0.25) is 0 Å². The zero-order valence-electron chi connectivity index (χ0n) is 11.3. The molecular weight excluding hydrogens is 352 g/mol. The van der Waals surface area contributed by atoms with Gasteiger partial charge in [-0.25, -0.2) is 0 Å². The maximum Gasteiger partial charge on any atom is 0.243 e. The first-order valence-corrected chi connectivity index (χ1v) is 8.25. The molecule has 2 atom stereocenters. The van der Waals surface area contributed by atoms with Crippen LogP contribution in [-0.2, 0) is 6.42 Å². The van der Waals surface area contributed by atoms with Gasteiger partial charge in [0.15, 0.2) is 0 Å². The summed E-state index contributed by atoms with van der Waals surface area (Å²) in [5, 5.41) is 24.6. The number of fused-ring (bicyclic) bond motifs is 1. The van der Waals surface area contributed by atoms with Crippen molar-refractivity contribution in [3.05, 3.63) is 32.1 Å². The van der Waals surface area contributed by atoms with Crippen LogP contribution in [0.4, 0.5) is 0 Å². The van der Waals surface area contributed by atoms with Gasteiger partial charge in [0.05, 0.1) is 15.8 Å². The average molecular weight is 365 g/mol. The standard InChI is InChI=1S/C14H13BrN4OS/c1-2-3-8-12-11(9-4-5-10(15)21-9)7(6-16)13(17)20-14(12)19-18-8/h4-5,7,11,17H,2-3H2,1H3,(H,18,19). The van der Waals surface area contributed by atoms with Gasteiger partial charge in [0.2, 0.25) is 11.8 Å². The van der Waals surface area contributed by atoms with Gasteiger partial charge in [-0.1, -0.05) is 13.3 Å². The molecule has 0 aromatic carbocycles. The van der Waals surface area contributed by atoms with Gasteiger partial charge < -0.3 is 4.74 Å². The van der Waals surface area contributed by atoms with Crippen LogP contribution in [0, 0.1) is 22.7 Å². The molecule has 2 N–H and O–H groups in total. The highest BCUT2D eigenvalue weighted by Crippen LogP contribution is 2.45. The minimum atomic E-state index is -0.615. The van der Waals surface area contributed by atoms with Crippen molar-refractivity contribution in [3.63, 3.8) is 0 Å². The first-order valence-electron chi connectivity index (χ1n) is 6.64. The fourth-order valence-electron chi connectivity index (χ4n) is 2.63. The van der Waals surface area contributed by atoms with E-state index in [1.807, 2.05) is 12.1 Å². The predicted octanol–water partition coefficient (Wildman–Crippen LogP) is 3.83. The molecule has 0 spiro atoms. The van der Waals surface area contributed by atoms with Crippen molar-refractivity contribution in [3.8, 4) is 11.9 Å². The lowest BCUT2D eigenvalue weighted by Crippen LogP contribution is -2.30. The van der Waals surface area contributed by atoms with E-state index >= 15 is 0 Å². The summed E-state index contributed by atoms with van der Waals surface area (Å²) >= 11 is 5.04. The highest BCUT2D eigenvalue weighted by molar-refractivity contribution is 9.11. The van der Waals surface area contributed by atoms with Crippen LogP contribution >= 0.6 is 27.3 Å². The quantitative estimate of drug-likeness (QED) is 0.867. The lowest BCUT2D eigenvalue weighted by Gasteiger charge is -2.26. The van der Waals surface area contributed by atoms with Gasteiger partial charge in [0, 0.05) is 16.1 Å². The molecule has 1 aliphatic heterocycles. The van der Waals surface area contributed by atoms with Crippen molar-refractivity contribution >= 4 is 33.2 Å². The highest BCUT2D eigenvalue weighted by atomic mass is 79.9. The Morgan fingerprint density at radius 3 is 3.00 bits per heavy atom. The maximum absolute atomic E-state index is 9.48. The summed E-state index contributed by atoms with van der Waals surface area (Å²) in [5.74, 6) is -0.405. The number of hydrogen-bond acceptors (Lipinski definition) is 5. The minimum absolute atomic E-state index is 0.0333. The van der Waals surface area contributed by atoms with Crippen LogP contribution in [0.1, 0.15) is 35.4 Å². The third-order valence-electron chi connectivity index (χ3n) is 3.52. The van der Waals surface area contributed by atoms with Crippen molar-refractivity contribution in [1.29, 1.82) is 10.7 Å². The van der Waals surface area contributed by atoms with Crippen LogP contribution in [0.15, 0.2) is 15.9 Å². The Hall–Kier alpha value is -1.65. The summed E-state index contributed by atoms with van der Waals surface area (Å²) < 4.78 is 6.44. The predicted molar refractivity (Wildman–Crippen MR) is 83.9 cm³/mol. The Morgan fingerprint density at radius 2 is 2.38 bits per heavy atom. The molecule has 0 bridgehead atoms. The van der Waals surface area contributed by atoms with E-state index in [1.54, 1.807) is 11.3 Å². The zero-order chi connectivity index (χ0) is 15.0. The Bertz CT molecular complexity index is 730. The molecular formula is C14H13BrN4OS. The van der Waals surface area contributed by atoms with Gasteiger partial charge in [-0.05, 0) is 34.5 Å². The number of hydrogen-bond donors (Lipinski definition) is 2. The summed E-state index contributed by atoms with van der Waals surface area (Å²) in [6.45, 7) is 2.09. The number of aromatic nitrogens is 2. The van der Waals surface area contributed by atoms with E-state index in [0.717, 1.165) is 32.8 Å². The van der Waals surface area contributed by atoms with Gasteiger partial charge in [-0.2, -0.15) is 5.26 Å². The molecule has 2 aromatic rings. The molecule has 0 fully saturated rings.